The van der Waals surface area contributed by atoms with Crippen LogP contribution in [0.25, 0.3) is 0 Å². The zero-order chi connectivity index (χ0) is 13.6. The summed E-state index contributed by atoms with van der Waals surface area (Å²) in [7, 11) is 0. The molecule has 0 radical (unpaired) electrons. The summed E-state index contributed by atoms with van der Waals surface area (Å²) in [6.07, 6.45) is 6.86. The van der Waals surface area contributed by atoms with E-state index in [0.29, 0.717) is 19.5 Å². The third kappa shape index (κ3) is 10.7. The predicted octanol–water partition coefficient (Wildman–Crippen LogP) is 1.70. The Balaban J connectivity index is 3.86. The van der Waals surface area contributed by atoms with Gasteiger partial charge in [-0.2, -0.15) is 0 Å². The molecule has 0 aliphatic rings. The van der Waals surface area contributed by atoms with Crippen molar-refractivity contribution in [2.24, 2.45) is 15.9 Å². The van der Waals surface area contributed by atoms with Gasteiger partial charge in [0.1, 0.15) is 0 Å². The van der Waals surface area contributed by atoms with Crippen LogP contribution in [0.3, 0.4) is 0 Å². The molecule has 0 aromatic heterocycles. The van der Waals surface area contributed by atoms with Crippen LogP contribution in [0.2, 0.25) is 0 Å². The average Bonchev–Trinajstić information content (AvgIpc) is 2.33. The van der Waals surface area contributed by atoms with Gasteiger partial charge in [-0.05, 0) is 31.6 Å². The van der Waals surface area contributed by atoms with E-state index in [-0.39, 0.29) is 12.3 Å². The first-order valence-corrected chi connectivity index (χ1v) is 5.99. The maximum Gasteiger partial charge on any atom is 0.303 e. The fraction of sp³-hybridized carbons (Fsp3) is 0.750. The first-order chi connectivity index (χ1) is 8.70. The molecule has 0 amide bonds. The minimum Gasteiger partial charge on any atom is -0.481 e. The molecule has 0 aromatic rings. The van der Waals surface area contributed by atoms with Crippen LogP contribution in [-0.2, 0) is 14.4 Å². The van der Waals surface area contributed by atoms with Gasteiger partial charge in [-0.1, -0.05) is 6.42 Å². The molecule has 0 heterocycles. The lowest BCUT2D eigenvalue weighted by molar-refractivity contribution is -0.138. The molecule has 0 rings (SSSR count). The number of carbonyl (C=O) groups is 1. The normalized spacial score (nSPS) is 11.1. The van der Waals surface area contributed by atoms with Gasteiger partial charge in [0, 0.05) is 6.42 Å². The number of aliphatic carboxylic acids is 1. The third-order valence-electron chi connectivity index (χ3n) is 2.61. The van der Waals surface area contributed by atoms with Gasteiger partial charge >= 0.3 is 5.97 Å². The minimum absolute atomic E-state index is 0.0876. The molecule has 1 atom stereocenters. The highest BCUT2D eigenvalue weighted by atomic mass is 16.4. The summed E-state index contributed by atoms with van der Waals surface area (Å²) in [5.41, 5.74) is 0. The first kappa shape index (κ1) is 16.2. The Labute approximate surface area is 106 Å². The number of hydrogen-bond acceptors (Lipinski definition) is 5. The van der Waals surface area contributed by atoms with Gasteiger partial charge in [-0.3, -0.25) is 4.79 Å². The molecule has 0 bridgehead atoms. The lowest BCUT2D eigenvalue weighted by Gasteiger charge is -2.13. The van der Waals surface area contributed by atoms with E-state index in [4.69, 9.17) is 5.11 Å². The van der Waals surface area contributed by atoms with Crippen molar-refractivity contribution in [3.8, 4) is 0 Å². The molecule has 0 fully saturated rings. The van der Waals surface area contributed by atoms with Gasteiger partial charge in [-0.25, -0.2) is 19.6 Å². The van der Waals surface area contributed by atoms with Gasteiger partial charge in [0.2, 0.25) is 12.2 Å². The van der Waals surface area contributed by atoms with Crippen LogP contribution >= 0.6 is 0 Å². The van der Waals surface area contributed by atoms with E-state index in [2.05, 4.69) is 9.98 Å². The second-order valence-electron chi connectivity index (χ2n) is 4.05. The van der Waals surface area contributed by atoms with Crippen molar-refractivity contribution in [2.75, 3.05) is 13.1 Å². The van der Waals surface area contributed by atoms with Gasteiger partial charge < -0.3 is 5.11 Å². The highest BCUT2D eigenvalue weighted by Gasteiger charge is 2.12. The zero-order valence-electron chi connectivity index (χ0n) is 10.3. The Morgan fingerprint density at radius 1 is 1.00 bits per heavy atom. The van der Waals surface area contributed by atoms with Crippen LogP contribution in [0.15, 0.2) is 9.98 Å². The van der Waals surface area contributed by atoms with Crippen LogP contribution in [0.5, 0.6) is 0 Å². The first-order valence-electron chi connectivity index (χ1n) is 5.99. The number of hydrogen-bond donors (Lipinski definition) is 1. The fourth-order valence-corrected chi connectivity index (χ4v) is 1.77. The van der Waals surface area contributed by atoms with Crippen LogP contribution in [0.1, 0.15) is 38.5 Å². The zero-order valence-corrected chi connectivity index (χ0v) is 10.3. The van der Waals surface area contributed by atoms with E-state index in [1.165, 1.54) is 12.2 Å². The van der Waals surface area contributed by atoms with Crippen LogP contribution in [0, 0.1) is 5.92 Å². The summed E-state index contributed by atoms with van der Waals surface area (Å²) in [4.78, 5) is 37.3. The smallest absolute Gasteiger partial charge is 0.303 e. The molecule has 1 unspecified atom stereocenters. The number of carboxylic acid groups (broad SMARTS) is 1. The minimum atomic E-state index is -0.815. The molecule has 0 spiro atoms. The molecule has 0 saturated heterocycles. The van der Waals surface area contributed by atoms with Crippen molar-refractivity contribution in [3.63, 3.8) is 0 Å². The van der Waals surface area contributed by atoms with Crippen LogP contribution in [0.4, 0.5) is 0 Å². The molecule has 0 aliphatic heterocycles. The molecule has 0 aliphatic carbocycles. The Kier molecular flexibility index (Phi) is 10.6. The molecule has 6 heteroatoms. The summed E-state index contributed by atoms with van der Waals surface area (Å²) in [5.74, 6) is -0.727. The monoisotopic (exact) mass is 254 g/mol. The molecular formula is C12H18N2O4. The third-order valence-corrected chi connectivity index (χ3v) is 2.61. The quantitative estimate of drug-likeness (QED) is 0.345. The maximum absolute atomic E-state index is 10.7. The van der Waals surface area contributed by atoms with Crippen LogP contribution in [-0.4, -0.2) is 36.3 Å². The Hall–Kier alpha value is -1.77. The standard InChI is InChI=1S/C12H18N2O4/c15-9-13-6-2-1-4-11(8-12(17)18)5-3-7-14-10-16/h11H,1-8H2,(H,17,18). The number of nitrogens with zero attached hydrogens (tertiary/aromatic N) is 2. The van der Waals surface area contributed by atoms with E-state index in [0.717, 1.165) is 25.7 Å². The molecule has 0 aromatic carbocycles. The van der Waals surface area contributed by atoms with E-state index in [9.17, 15) is 14.4 Å². The lowest BCUT2D eigenvalue weighted by Crippen LogP contribution is -2.08. The highest BCUT2D eigenvalue weighted by Crippen LogP contribution is 2.18. The highest BCUT2D eigenvalue weighted by molar-refractivity contribution is 5.66. The Morgan fingerprint density at radius 3 is 2.11 bits per heavy atom. The van der Waals surface area contributed by atoms with Gasteiger partial charge in [0.25, 0.3) is 0 Å². The number of rotatable bonds is 11. The number of aliphatic imine (C=N–C) groups is 2. The summed E-state index contributed by atoms with van der Waals surface area (Å²) in [6.45, 7) is 0.841. The van der Waals surface area contributed by atoms with Gasteiger partial charge in [0.15, 0.2) is 0 Å². The molecule has 0 saturated carbocycles. The number of isocyanates is 2. The van der Waals surface area contributed by atoms with Crippen molar-refractivity contribution in [3.05, 3.63) is 0 Å². The molecule has 6 nitrogen and oxygen atoms in total. The SMILES string of the molecule is O=C=NCCCCC(CCCN=C=O)CC(=O)O. The van der Waals surface area contributed by atoms with E-state index in [1.54, 1.807) is 0 Å². The number of unbranched alkanes of at least 4 members (excludes halogenated alkanes) is 1. The van der Waals surface area contributed by atoms with Gasteiger partial charge in [-0.15, -0.1) is 0 Å². The van der Waals surface area contributed by atoms with Crippen molar-refractivity contribution >= 4 is 18.1 Å². The largest absolute Gasteiger partial charge is 0.481 e. The van der Waals surface area contributed by atoms with E-state index in [1.807, 2.05) is 0 Å². The Morgan fingerprint density at radius 2 is 1.56 bits per heavy atom. The lowest BCUT2D eigenvalue weighted by atomic mass is 9.93. The second-order valence-corrected chi connectivity index (χ2v) is 4.05. The Bertz CT molecular complexity index is 331. The van der Waals surface area contributed by atoms with Crippen molar-refractivity contribution in [1.82, 2.24) is 0 Å². The molecular weight excluding hydrogens is 236 g/mol. The summed E-state index contributed by atoms with van der Waals surface area (Å²) in [5, 5.41) is 8.77. The summed E-state index contributed by atoms with van der Waals surface area (Å²) >= 11 is 0. The maximum atomic E-state index is 10.7. The van der Waals surface area contributed by atoms with E-state index >= 15 is 0 Å². The second kappa shape index (κ2) is 11.7. The van der Waals surface area contributed by atoms with Gasteiger partial charge in [0.05, 0.1) is 13.1 Å². The topological polar surface area (TPSA) is 96.2 Å². The average molecular weight is 254 g/mol. The molecule has 18 heavy (non-hydrogen) atoms. The number of carbonyl (C=O) groups excluding carboxylic acids is 2. The fourth-order valence-electron chi connectivity index (χ4n) is 1.77. The van der Waals surface area contributed by atoms with Crippen molar-refractivity contribution in [1.29, 1.82) is 0 Å². The molecule has 1 N–H and O–H groups in total. The summed E-state index contributed by atoms with van der Waals surface area (Å²) < 4.78 is 0. The van der Waals surface area contributed by atoms with Crippen molar-refractivity contribution < 1.29 is 19.5 Å². The van der Waals surface area contributed by atoms with Crippen LogP contribution < -0.4 is 0 Å². The predicted molar refractivity (Wildman–Crippen MR) is 64.8 cm³/mol. The molecule has 100 valence electrons. The van der Waals surface area contributed by atoms with E-state index < -0.39 is 5.97 Å². The number of carboxylic acids is 1. The van der Waals surface area contributed by atoms with Crippen molar-refractivity contribution in [2.45, 2.75) is 38.5 Å². The summed E-state index contributed by atoms with van der Waals surface area (Å²) in [6, 6.07) is 0.